The lowest BCUT2D eigenvalue weighted by Crippen LogP contribution is -2.13. The standard InChI is InChI=1S/C6H6NO/c8-5-6-2-1-3-7-4-6/h1-2,5,7H,4H2. The van der Waals surface area contributed by atoms with Gasteiger partial charge in [0.1, 0.15) is 6.29 Å². The first-order valence-corrected chi connectivity index (χ1v) is 2.39. The molecular formula is C6H6NO. The summed E-state index contributed by atoms with van der Waals surface area (Å²) in [6, 6.07) is 0. The van der Waals surface area contributed by atoms with Crippen LogP contribution in [0.2, 0.25) is 0 Å². The summed E-state index contributed by atoms with van der Waals surface area (Å²) < 4.78 is 0. The summed E-state index contributed by atoms with van der Waals surface area (Å²) in [5.41, 5.74) is 0.767. The van der Waals surface area contributed by atoms with Gasteiger partial charge in [-0.2, -0.15) is 0 Å². The summed E-state index contributed by atoms with van der Waals surface area (Å²) in [5.74, 6) is 0. The van der Waals surface area contributed by atoms with E-state index in [-0.39, 0.29) is 0 Å². The van der Waals surface area contributed by atoms with Crippen LogP contribution in [0.4, 0.5) is 0 Å². The van der Waals surface area contributed by atoms with E-state index < -0.39 is 0 Å². The highest BCUT2D eigenvalue weighted by Gasteiger charge is 1.93. The van der Waals surface area contributed by atoms with Crippen LogP contribution in [0.5, 0.6) is 0 Å². The molecule has 0 saturated carbocycles. The molecule has 1 N–H and O–H groups in total. The van der Waals surface area contributed by atoms with Crippen molar-refractivity contribution in [2.45, 2.75) is 0 Å². The van der Waals surface area contributed by atoms with E-state index in [1.54, 1.807) is 12.2 Å². The molecule has 1 radical (unpaired) electrons. The predicted octanol–water partition coefficient (Wildman–Crippen LogP) is 0.0318. The number of carbonyl (C=O) groups excluding carboxylic acids is 1. The lowest BCUT2D eigenvalue weighted by molar-refractivity contribution is -0.104. The molecule has 1 rings (SSSR count). The SMILES string of the molecule is O=CC1=CC=[C]NC1. The third-order valence-corrected chi connectivity index (χ3v) is 0.927. The van der Waals surface area contributed by atoms with Crippen LogP contribution in [0.25, 0.3) is 0 Å². The summed E-state index contributed by atoms with van der Waals surface area (Å²) in [5, 5.41) is 2.78. The molecule has 0 aromatic carbocycles. The molecule has 0 fully saturated rings. The summed E-state index contributed by atoms with van der Waals surface area (Å²) in [4.78, 5) is 10.0. The van der Waals surface area contributed by atoms with Gasteiger partial charge < -0.3 is 5.32 Å². The number of hydrogen-bond acceptors (Lipinski definition) is 2. The first-order valence-electron chi connectivity index (χ1n) is 2.39. The van der Waals surface area contributed by atoms with E-state index in [2.05, 4.69) is 11.5 Å². The molecule has 1 aliphatic rings. The van der Waals surface area contributed by atoms with Crippen molar-refractivity contribution in [3.8, 4) is 0 Å². The van der Waals surface area contributed by atoms with E-state index in [1.807, 2.05) is 0 Å². The van der Waals surface area contributed by atoms with E-state index in [1.165, 1.54) is 0 Å². The summed E-state index contributed by atoms with van der Waals surface area (Å²) in [6.07, 6.45) is 7.00. The third-order valence-electron chi connectivity index (χ3n) is 0.927. The number of nitrogens with one attached hydrogen (secondary N) is 1. The zero-order valence-corrected chi connectivity index (χ0v) is 4.35. The second-order valence-electron chi connectivity index (χ2n) is 1.52. The molecule has 1 aliphatic heterocycles. The van der Waals surface area contributed by atoms with Crippen molar-refractivity contribution in [1.29, 1.82) is 0 Å². The highest BCUT2D eigenvalue weighted by atomic mass is 16.1. The quantitative estimate of drug-likeness (QED) is 0.480. The fourth-order valence-corrected chi connectivity index (χ4v) is 0.501. The van der Waals surface area contributed by atoms with Crippen LogP contribution in [-0.2, 0) is 4.79 Å². The minimum Gasteiger partial charge on any atom is -0.379 e. The molecule has 0 spiro atoms. The van der Waals surface area contributed by atoms with Crippen molar-refractivity contribution < 1.29 is 4.79 Å². The van der Waals surface area contributed by atoms with Gasteiger partial charge in [0.15, 0.2) is 0 Å². The zero-order chi connectivity index (χ0) is 5.82. The van der Waals surface area contributed by atoms with Crippen LogP contribution in [0.15, 0.2) is 17.7 Å². The van der Waals surface area contributed by atoms with Crippen molar-refractivity contribution in [3.05, 3.63) is 23.9 Å². The van der Waals surface area contributed by atoms with E-state index >= 15 is 0 Å². The van der Waals surface area contributed by atoms with Gasteiger partial charge in [0.25, 0.3) is 0 Å². The van der Waals surface area contributed by atoms with Gasteiger partial charge in [-0.25, -0.2) is 0 Å². The Balaban J connectivity index is 2.63. The maximum Gasteiger partial charge on any atom is 0.147 e. The van der Waals surface area contributed by atoms with E-state index in [0.717, 1.165) is 11.9 Å². The van der Waals surface area contributed by atoms with Crippen LogP contribution in [-0.4, -0.2) is 12.8 Å². The number of aldehydes is 1. The molecule has 0 bridgehead atoms. The fraction of sp³-hybridized carbons (Fsp3) is 0.167. The molecule has 0 saturated heterocycles. The predicted molar refractivity (Wildman–Crippen MR) is 30.0 cm³/mol. The molecule has 0 amide bonds. The Labute approximate surface area is 47.9 Å². The van der Waals surface area contributed by atoms with Gasteiger partial charge in [-0.3, -0.25) is 4.79 Å². The van der Waals surface area contributed by atoms with E-state index in [9.17, 15) is 4.79 Å². The third kappa shape index (κ3) is 0.964. The Morgan fingerprint density at radius 3 is 3.12 bits per heavy atom. The molecule has 1 heterocycles. The van der Waals surface area contributed by atoms with Crippen molar-refractivity contribution in [3.63, 3.8) is 0 Å². The summed E-state index contributed by atoms with van der Waals surface area (Å²) in [7, 11) is 0. The molecule has 0 atom stereocenters. The van der Waals surface area contributed by atoms with Crippen molar-refractivity contribution in [2.75, 3.05) is 6.54 Å². The number of hydrogen-bond donors (Lipinski definition) is 1. The average Bonchev–Trinajstić information content (AvgIpc) is 1.90. The molecule has 0 aromatic rings. The molecule has 2 nitrogen and oxygen atoms in total. The Morgan fingerprint density at radius 2 is 2.75 bits per heavy atom. The summed E-state index contributed by atoms with van der Waals surface area (Å²) >= 11 is 0. The smallest absolute Gasteiger partial charge is 0.147 e. The van der Waals surface area contributed by atoms with Gasteiger partial charge in [0, 0.05) is 12.1 Å². The highest BCUT2D eigenvalue weighted by molar-refractivity contribution is 5.74. The lowest BCUT2D eigenvalue weighted by atomic mass is 10.2. The van der Waals surface area contributed by atoms with Gasteiger partial charge in [-0.1, -0.05) is 6.08 Å². The second kappa shape index (κ2) is 2.31. The molecule has 0 aliphatic carbocycles. The van der Waals surface area contributed by atoms with E-state index in [0.29, 0.717) is 6.54 Å². The maximum atomic E-state index is 10.0. The minimum absolute atomic E-state index is 0.611. The van der Waals surface area contributed by atoms with Crippen LogP contribution in [0, 0.1) is 6.20 Å². The first-order chi connectivity index (χ1) is 3.93. The Morgan fingerprint density at radius 1 is 1.88 bits per heavy atom. The maximum absolute atomic E-state index is 10.0. The Bertz CT molecular complexity index is 147. The van der Waals surface area contributed by atoms with Crippen LogP contribution < -0.4 is 5.32 Å². The number of allylic oxidation sites excluding steroid dienone is 2. The van der Waals surface area contributed by atoms with Gasteiger partial charge in [0.05, 0.1) is 6.20 Å². The van der Waals surface area contributed by atoms with Gasteiger partial charge in [-0.05, 0) is 6.08 Å². The highest BCUT2D eigenvalue weighted by Crippen LogP contribution is 1.91. The molecule has 2 heteroatoms. The van der Waals surface area contributed by atoms with Crippen LogP contribution in [0.1, 0.15) is 0 Å². The van der Waals surface area contributed by atoms with Gasteiger partial charge >= 0.3 is 0 Å². The Hall–Kier alpha value is -1.05. The molecule has 41 valence electrons. The number of dihydropyridines is 1. The normalized spacial score (nSPS) is 16.8. The van der Waals surface area contributed by atoms with Crippen molar-refractivity contribution in [2.24, 2.45) is 0 Å². The molecule has 0 unspecified atom stereocenters. The number of rotatable bonds is 1. The van der Waals surface area contributed by atoms with Gasteiger partial charge in [0.2, 0.25) is 0 Å². The average molecular weight is 108 g/mol. The van der Waals surface area contributed by atoms with Crippen molar-refractivity contribution >= 4 is 6.29 Å². The summed E-state index contributed by atoms with van der Waals surface area (Å²) in [6.45, 7) is 0.611. The fourth-order valence-electron chi connectivity index (χ4n) is 0.501. The topological polar surface area (TPSA) is 29.1 Å². The largest absolute Gasteiger partial charge is 0.379 e. The van der Waals surface area contributed by atoms with Crippen LogP contribution in [0.3, 0.4) is 0 Å². The van der Waals surface area contributed by atoms with Crippen LogP contribution >= 0.6 is 0 Å². The zero-order valence-electron chi connectivity index (χ0n) is 4.35. The number of carbonyl (C=O) groups is 1. The minimum atomic E-state index is 0.611. The lowest BCUT2D eigenvalue weighted by Gasteiger charge is -2.00. The molecule has 8 heavy (non-hydrogen) atoms. The molecule has 0 aromatic heterocycles. The molecular weight excluding hydrogens is 102 g/mol. The van der Waals surface area contributed by atoms with Gasteiger partial charge in [-0.15, -0.1) is 0 Å². The van der Waals surface area contributed by atoms with Crippen molar-refractivity contribution in [1.82, 2.24) is 5.32 Å². The monoisotopic (exact) mass is 108 g/mol. The second-order valence-corrected chi connectivity index (χ2v) is 1.52. The Kier molecular flexibility index (Phi) is 1.47. The first kappa shape index (κ1) is 5.09. The van der Waals surface area contributed by atoms with E-state index in [4.69, 9.17) is 0 Å².